The lowest BCUT2D eigenvalue weighted by Crippen LogP contribution is -2.21. The van der Waals surface area contributed by atoms with Gasteiger partial charge in [-0.25, -0.2) is 0 Å². The smallest absolute Gasteiger partial charge is 0.237 e. The molecule has 0 rings (SSSR count). The molecule has 68 valence electrons. The number of hydrogen-bond acceptors (Lipinski definition) is 2. The number of hydrogen-bond donors (Lipinski definition) is 2. The first-order valence-corrected chi connectivity index (χ1v) is 3.38. The van der Waals surface area contributed by atoms with E-state index in [4.69, 9.17) is 10.8 Å². The van der Waals surface area contributed by atoms with Gasteiger partial charge in [0.05, 0.1) is 0 Å². The van der Waals surface area contributed by atoms with E-state index in [0.717, 1.165) is 0 Å². The summed E-state index contributed by atoms with van der Waals surface area (Å²) in [5.74, 6) is 0.0585. The van der Waals surface area contributed by atoms with E-state index in [9.17, 15) is 0 Å². The van der Waals surface area contributed by atoms with E-state index < -0.39 is 0 Å². The molecule has 0 atom stereocenters. The minimum atomic E-state index is 0.0293. The highest BCUT2D eigenvalue weighted by Crippen LogP contribution is 1.87. The average molecular weight is 170 g/mol. The van der Waals surface area contributed by atoms with E-state index >= 15 is 0 Å². The predicted octanol–water partition coefficient (Wildman–Crippen LogP) is 0.431. The third kappa shape index (κ3) is 3.65. The Bertz CT molecular complexity index is 182. The van der Waals surface area contributed by atoms with Crippen molar-refractivity contribution >= 4 is 11.9 Å². The van der Waals surface area contributed by atoms with E-state index in [1.807, 2.05) is 0 Å². The van der Waals surface area contributed by atoms with Crippen LogP contribution in [0.3, 0.4) is 0 Å². The quantitative estimate of drug-likeness (QED) is 0.314. The molecule has 0 saturated heterocycles. The maximum absolute atomic E-state index is 7.23. The van der Waals surface area contributed by atoms with Crippen LogP contribution in [0.15, 0.2) is 10.2 Å². The fraction of sp³-hybridized carbons (Fsp3) is 0.667. The van der Waals surface area contributed by atoms with Crippen molar-refractivity contribution in [3.05, 3.63) is 0 Å². The second-order valence-corrected chi connectivity index (χ2v) is 2.64. The molecule has 2 N–H and O–H groups in total. The summed E-state index contributed by atoms with van der Waals surface area (Å²) >= 11 is 0. The fourth-order valence-corrected chi connectivity index (χ4v) is 0.274. The van der Waals surface area contributed by atoms with Crippen molar-refractivity contribution in [3.63, 3.8) is 0 Å². The van der Waals surface area contributed by atoms with Gasteiger partial charge in [-0.1, -0.05) is 0 Å². The van der Waals surface area contributed by atoms with Crippen LogP contribution < -0.4 is 0 Å². The Morgan fingerprint density at radius 2 is 1.08 bits per heavy atom. The molecule has 0 aromatic carbocycles. The number of guanidine groups is 2. The van der Waals surface area contributed by atoms with E-state index in [2.05, 4.69) is 10.2 Å². The summed E-state index contributed by atoms with van der Waals surface area (Å²) in [7, 11) is 6.78. The van der Waals surface area contributed by atoms with Crippen LogP contribution in [-0.4, -0.2) is 49.9 Å². The topological polar surface area (TPSA) is 78.9 Å². The number of azo groups is 1. The zero-order chi connectivity index (χ0) is 9.72. The van der Waals surface area contributed by atoms with Gasteiger partial charge in [-0.3, -0.25) is 10.8 Å². The van der Waals surface area contributed by atoms with Crippen molar-refractivity contribution in [1.29, 1.82) is 10.8 Å². The molecule has 0 aliphatic heterocycles. The van der Waals surface area contributed by atoms with Crippen molar-refractivity contribution in [2.45, 2.75) is 0 Å². The lowest BCUT2D eigenvalue weighted by Gasteiger charge is -2.09. The number of nitrogens with zero attached hydrogens (tertiary/aromatic N) is 4. The summed E-state index contributed by atoms with van der Waals surface area (Å²) in [6, 6.07) is 0. The monoisotopic (exact) mass is 170 g/mol. The molecular weight excluding hydrogens is 156 g/mol. The fourth-order valence-electron chi connectivity index (χ4n) is 0.274. The van der Waals surface area contributed by atoms with Gasteiger partial charge in [0.2, 0.25) is 11.9 Å². The third-order valence-corrected chi connectivity index (χ3v) is 1.09. The zero-order valence-corrected chi connectivity index (χ0v) is 7.79. The van der Waals surface area contributed by atoms with E-state index in [-0.39, 0.29) is 11.9 Å². The van der Waals surface area contributed by atoms with Crippen LogP contribution >= 0.6 is 0 Å². The number of nitrogens with one attached hydrogen (secondary N) is 2. The Morgan fingerprint density at radius 3 is 1.25 bits per heavy atom. The second-order valence-electron chi connectivity index (χ2n) is 2.64. The van der Waals surface area contributed by atoms with Crippen molar-refractivity contribution in [3.8, 4) is 0 Å². The van der Waals surface area contributed by atoms with Gasteiger partial charge in [-0.15, -0.1) is 10.2 Å². The van der Waals surface area contributed by atoms with Crippen molar-refractivity contribution < 1.29 is 0 Å². The Kier molecular flexibility index (Phi) is 3.89. The lowest BCUT2D eigenvalue weighted by atomic mass is 10.8. The molecule has 0 fully saturated rings. The molecule has 0 unspecified atom stereocenters. The predicted molar refractivity (Wildman–Crippen MR) is 47.7 cm³/mol. The Hall–Kier alpha value is -1.46. The van der Waals surface area contributed by atoms with Crippen LogP contribution in [0.25, 0.3) is 0 Å². The van der Waals surface area contributed by atoms with Crippen molar-refractivity contribution in [2.24, 2.45) is 10.2 Å². The molecule has 0 saturated carbocycles. The highest BCUT2D eigenvalue weighted by molar-refractivity contribution is 5.81. The standard InChI is InChI=1S/C6H14N6/c1-11(2)5(7)9-10-6(8)12(3)4/h7-8H,1-4H3. The summed E-state index contributed by atoms with van der Waals surface area (Å²) in [6.07, 6.45) is 0. The van der Waals surface area contributed by atoms with Gasteiger partial charge in [0.1, 0.15) is 0 Å². The summed E-state index contributed by atoms with van der Waals surface area (Å²) < 4.78 is 0. The highest BCUT2D eigenvalue weighted by Gasteiger charge is 1.97. The van der Waals surface area contributed by atoms with Crippen LogP contribution in [-0.2, 0) is 0 Å². The van der Waals surface area contributed by atoms with Gasteiger partial charge in [0, 0.05) is 28.2 Å². The minimum absolute atomic E-state index is 0.0293. The first-order valence-electron chi connectivity index (χ1n) is 3.38. The van der Waals surface area contributed by atoms with Crippen LogP contribution in [0.4, 0.5) is 0 Å². The molecule has 0 aromatic rings. The number of rotatable bonds is 0. The molecule has 6 heteroatoms. The maximum atomic E-state index is 7.23. The molecule has 6 nitrogen and oxygen atoms in total. The minimum Gasteiger partial charge on any atom is -0.346 e. The molecule has 0 amide bonds. The van der Waals surface area contributed by atoms with E-state index in [0.29, 0.717) is 0 Å². The second kappa shape index (κ2) is 4.42. The van der Waals surface area contributed by atoms with Crippen LogP contribution in [0.2, 0.25) is 0 Å². The van der Waals surface area contributed by atoms with Crippen LogP contribution in [0.1, 0.15) is 0 Å². The largest absolute Gasteiger partial charge is 0.346 e. The molecule has 0 bridgehead atoms. The van der Waals surface area contributed by atoms with Crippen molar-refractivity contribution in [2.75, 3.05) is 28.2 Å². The Balaban J connectivity index is 4.08. The van der Waals surface area contributed by atoms with Gasteiger partial charge in [0.25, 0.3) is 0 Å². The van der Waals surface area contributed by atoms with Crippen molar-refractivity contribution in [1.82, 2.24) is 9.80 Å². The average Bonchev–Trinajstić information content (AvgIpc) is 1.98. The molecule has 0 aliphatic carbocycles. The molecule has 0 aliphatic rings. The van der Waals surface area contributed by atoms with E-state index in [1.54, 1.807) is 28.2 Å². The first kappa shape index (κ1) is 10.5. The Morgan fingerprint density at radius 1 is 0.833 bits per heavy atom. The van der Waals surface area contributed by atoms with Gasteiger partial charge in [-0.05, 0) is 0 Å². The lowest BCUT2D eigenvalue weighted by molar-refractivity contribution is 0.592. The van der Waals surface area contributed by atoms with Gasteiger partial charge >= 0.3 is 0 Å². The van der Waals surface area contributed by atoms with Gasteiger partial charge < -0.3 is 9.80 Å². The maximum Gasteiger partial charge on any atom is 0.237 e. The summed E-state index contributed by atoms with van der Waals surface area (Å²) in [6.45, 7) is 0. The molecule has 0 heterocycles. The van der Waals surface area contributed by atoms with E-state index in [1.165, 1.54) is 9.80 Å². The van der Waals surface area contributed by atoms with Gasteiger partial charge in [0.15, 0.2) is 0 Å². The first-order chi connectivity index (χ1) is 5.45. The molecule has 12 heavy (non-hydrogen) atoms. The normalized spacial score (nSPS) is 10.0. The summed E-state index contributed by atoms with van der Waals surface area (Å²) in [5, 5.41) is 21.5. The molecular formula is C6H14N6. The molecule has 0 aromatic heterocycles. The third-order valence-electron chi connectivity index (χ3n) is 1.09. The van der Waals surface area contributed by atoms with Crippen LogP contribution in [0.5, 0.6) is 0 Å². The zero-order valence-electron chi connectivity index (χ0n) is 7.79. The summed E-state index contributed by atoms with van der Waals surface area (Å²) in [4.78, 5) is 3.01. The SMILES string of the molecule is CN(C)C(=N)N=NC(=N)N(C)C. The van der Waals surface area contributed by atoms with Gasteiger partial charge in [-0.2, -0.15) is 0 Å². The Labute approximate surface area is 71.9 Å². The molecule has 0 spiro atoms. The molecule has 0 radical (unpaired) electrons. The highest BCUT2D eigenvalue weighted by atomic mass is 15.3. The summed E-state index contributed by atoms with van der Waals surface area (Å²) in [5.41, 5.74) is 0. The van der Waals surface area contributed by atoms with Crippen LogP contribution in [0, 0.1) is 10.8 Å².